The summed E-state index contributed by atoms with van der Waals surface area (Å²) in [5, 5.41) is 0. The van der Waals surface area contributed by atoms with E-state index < -0.39 is 6.09 Å². The number of primary amides is 1. The molecule has 2 N–H and O–H groups in total. The Hall–Kier alpha value is -0.440. The summed E-state index contributed by atoms with van der Waals surface area (Å²) in [5.41, 5.74) is 4.43. The standard InChI is InChI=1S/C2H5NO2.ClH/c1-5-2(3)4;/h1H3,(H2,3,4);1H. The number of amides is 1. The Bertz CT molecular complexity index is 46.8. The fraction of sp³-hybridized carbons (Fsp3) is 0.500. The third-order valence-electron chi connectivity index (χ3n) is 0.201. The summed E-state index contributed by atoms with van der Waals surface area (Å²) in [6.45, 7) is 0. The maximum absolute atomic E-state index is 9.37. The van der Waals surface area contributed by atoms with Crippen LogP contribution in [0.1, 0.15) is 0 Å². The van der Waals surface area contributed by atoms with E-state index in [9.17, 15) is 4.79 Å². The van der Waals surface area contributed by atoms with Crippen LogP contribution in [0.4, 0.5) is 4.79 Å². The summed E-state index contributed by atoms with van der Waals surface area (Å²) in [4.78, 5) is 9.37. The zero-order chi connectivity index (χ0) is 4.28. The van der Waals surface area contributed by atoms with Crippen molar-refractivity contribution in [2.24, 2.45) is 5.73 Å². The molecule has 38 valence electrons. The molecule has 0 heterocycles. The molecule has 0 saturated carbocycles. The first-order chi connectivity index (χ1) is 2.27. The molecule has 0 spiro atoms. The lowest BCUT2D eigenvalue weighted by Crippen LogP contribution is -2.08. The van der Waals surface area contributed by atoms with Crippen molar-refractivity contribution in [3.8, 4) is 0 Å². The second-order valence-corrected chi connectivity index (χ2v) is 0.523. The number of nitrogens with two attached hydrogens (primary N) is 1. The van der Waals surface area contributed by atoms with Crippen molar-refractivity contribution in [3.63, 3.8) is 0 Å². The van der Waals surface area contributed by atoms with Crippen molar-refractivity contribution in [2.45, 2.75) is 0 Å². The van der Waals surface area contributed by atoms with E-state index in [1.807, 2.05) is 0 Å². The highest BCUT2D eigenvalue weighted by Gasteiger charge is 1.76. The van der Waals surface area contributed by atoms with Crippen molar-refractivity contribution in [1.29, 1.82) is 0 Å². The third-order valence-corrected chi connectivity index (χ3v) is 0.201. The molecule has 1 amide bonds. The number of carbonyl (C=O) groups excluding carboxylic acids is 1. The van der Waals surface area contributed by atoms with Crippen molar-refractivity contribution in [3.05, 3.63) is 0 Å². The first-order valence-corrected chi connectivity index (χ1v) is 1.11. The predicted octanol–water partition coefficient (Wildman–Crippen LogP) is 0.133. The summed E-state index contributed by atoms with van der Waals surface area (Å²) in [7, 11) is 1.22. The number of ether oxygens (including phenoxy) is 1. The third kappa shape index (κ3) is 9.59. The topological polar surface area (TPSA) is 52.3 Å². The summed E-state index contributed by atoms with van der Waals surface area (Å²) in [6.07, 6.45) is -0.745. The van der Waals surface area contributed by atoms with Crippen LogP contribution in [0.3, 0.4) is 0 Å². The molecule has 6 heavy (non-hydrogen) atoms. The lowest BCUT2D eigenvalue weighted by molar-refractivity contribution is 0.182. The maximum atomic E-state index is 9.37. The van der Waals surface area contributed by atoms with Gasteiger partial charge in [-0.15, -0.1) is 12.4 Å². The fourth-order valence-corrected chi connectivity index (χ4v) is 0. The van der Waals surface area contributed by atoms with Crippen molar-refractivity contribution in [1.82, 2.24) is 0 Å². The van der Waals surface area contributed by atoms with Gasteiger partial charge in [-0.1, -0.05) is 0 Å². The number of hydrogen-bond donors (Lipinski definition) is 1. The monoisotopic (exact) mass is 111 g/mol. The van der Waals surface area contributed by atoms with E-state index in [2.05, 4.69) is 10.5 Å². The number of hydrogen-bond acceptors (Lipinski definition) is 2. The van der Waals surface area contributed by atoms with Gasteiger partial charge in [-0.25, -0.2) is 4.79 Å². The summed E-state index contributed by atoms with van der Waals surface area (Å²) < 4.78 is 3.89. The molecule has 0 aliphatic rings. The van der Waals surface area contributed by atoms with E-state index in [0.717, 1.165) is 0 Å². The maximum Gasteiger partial charge on any atom is 0.404 e. The van der Waals surface area contributed by atoms with Crippen LogP contribution in [0.15, 0.2) is 0 Å². The molecule has 0 atom stereocenters. The van der Waals surface area contributed by atoms with Crippen molar-refractivity contribution in [2.75, 3.05) is 7.11 Å². The summed E-state index contributed by atoms with van der Waals surface area (Å²) >= 11 is 0. The Labute approximate surface area is 41.9 Å². The van der Waals surface area contributed by atoms with E-state index in [4.69, 9.17) is 0 Å². The zero-order valence-corrected chi connectivity index (χ0v) is 4.12. The summed E-state index contributed by atoms with van der Waals surface area (Å²) in [6, 6.07) is 0. The number of carbonyl (C=O) groups is 1. The van der Waals surface area contributed by atoms with E-state index in [0.29, 0.717) is 0 Å². The molecule has 0 aromatic rings. The first-order valence-electron chi connectivity index (χ1n) is 1.11. The van der Waals surface area contributed by atoms with Crippen LogP contribution >= 0.6 is 12.4 Å². The van der Waals surface area contributed by atoms with Gasteiger partial charge >= 0.3 is 6.09 Å². The van der Waals surface area contributed by atoms with Gasteiger partial charge in [0, 0.05) is 0 Å². The van der Waals surface area contributed by atoms with Gasteiger partial charge in [-0.3, -0.25) is 0 Å². The van der Waals surface area contributed by atoms with Gasteiger partial charge in [0.25, 0.3) is 0 Å². The van der Waals surface area contributed by atoms with Gasteiger partial charge < -0.3 is 10.5 Å². The smallest absolute Gasteiger partial charge is 0.404 e. The Balaban J connectivity index is 0. The molecule has 0 rings (SSSR count). The van der Waals surface area contributed by atoms with E-state index in [-0.39, 0.29) is 12.4 Å². The molecule has 0 bridgehead atoms. The second-order valence-electron chi connectivity index (χ2n) is 0.523. The highest BCUT2D eigenvalue weighted by molar-refractivity contribution is 5.85. The molecular weight excluding hydrogens is 105 g/mol. The van der Waals surface area contributed by atoms with Crippen molar-refractivity contribution >= 4 is 18.5 Å². The largest absolute Gasteiger partial charge is 0.453 e. The van der Waals surface area contributed by atoms with Gasteiger partial charge in [-0.2, -0.15) is 0 Å². The Morgan fingerprint density at radius 3 is 2.00 bits per heavy atom. The molecule has 4 heteroatoms. The van der Waals surface area contributed by atoms with Gasteiger partial charge in [0.2, 0.25) is 0 Å². The van der Waals surface area contributed by atoms with Crippen LogP contribution in [0.5, 0.6) is 0 Å². The first kappa shape index (κ1) is 9.12. The molecule has 0 aromatic carbocycles. The molecule has 0 saturated heterocycles. The average molecular weight is 112 g/mol. The minimum absolute atomic E-state index is 0. The Morgan fingerprint density at radius 2 is 2.00 bits per heavy atom. The van der Waals surface area contributed by atoms with Gasteiger partial charge in [-0.05, 0) is 0 Å². The lowest BCUT2D eigenvalue weighted by Gasteiger charge is -1.81. The quantitative estimate of drug-likeness (QED) is 0.483. The van der Waals surface area contributed by atoms with Crippen LogP contribution in [0, 0.1) is 0 Å². The molecule has 0 aliphatic heterocycles. The van der Waals surface area contributed by atoms with Gasteiger partial charge in [0.15, 0.2) is 0 Å². The fourth-order valence-electron chi connectivity index (χ4n) is 0. The SMILES string of the molecule is COC(N)=O.Cl. The summed E-state index contributed by atoms with van der Waals surface area (Å²) in [5.74, 6) is 0. The number of rotatable bonds is 0. The van der Waals surface area contributed by atoms with Crippen LogP contribution in [0.25, 0.3) is 0 Å². The van der Waals surface area contributed by atoms with E-state index in [1.165, 1.54) is 7.11 Å². The molecule has 3 nitrogen and oxygen atoms in total. The van der Waals surface area contributed by atoms with E-state index >= 15 is 0 Å². The molecule has 0 fully saturated rings. The van der Waals surface area contributed by atoms with Gasteiger partial charge in [0.1, 0.15) is 0 Å². The van der Waals surface area contributed by atoms with Crippen molar-refractivity contribution < 1.29 is 9.53 Å². The normalized spacial score (nSPS) is 5.50. The number of methoxy groups -OCH3 is 1. The molecule has 0 unspecified atom stereocenters. The van der Waals surface area contributed by atoms with Crippen LogP contribution in [0.2, 0.25) is 0 Å². The van der Waals surface area contributed by atoms with Gasteiger partial charge in [0.05, 0.1) is 7.11 Å². The second kappa shape index (κ2) is 4.56. The molecular formula is C2H6ClNO2. The van der Waals surface area contributed by atoms with Crippen LogP contribution < -0.4 is 5.73 Å². The highest BCUT2D eigenvalue weighted by atomic mass is 35.5. The minimum atomic E-state index is -0.745. The molecule has 0 aromatic heterocycles. The van der Waals surface area contributed by atoms with E-state index in [1.54, 1.807) is 0 Å². The lowest BCUT2D eigenvalue weighted by atomic mass is 11.3. The Morgan fingerprint density at radius 1 is 1.83 bits per heavy atom. The highest BCUT2D eigenvalue weighted by Crippen LogP contribution is 1.55. The average Bonchev–Trinajstić information content (AvgIpc) is 1.38. The molecule has 0 radical (unpaired) electrons. The number of halogens is 1. The Kier molecular flexibility index (Phi) is 6.93. The zero-order valence-electron chi connectivity index (χ0n) is 3.30. The predicted molar refractivity (Wildman–Crippen MR) is 23.8 cm³/mol. The van der Waals surface area contributed by atoms with Crippen LogP contribution in [-0.4, -0.2) is 13.2 Å². The molecule has 0 aliphatic carbocycles. The minimum Gasteiger partial charge on any atom is -0.453 e. The van der Waals surface area contributed by atoms with Crippen LogP contribution in [-0.2, 0) is 4.74 Å².